The number of carbonyl (C=O) groups is 2. The lowest BCUT2D eigenvalue weighted by Gasteiger charge is -2.17. The second kappa shape index (κ2) is 8.83. The molecule has 0 unspecified atom stereocenters. The van der Waals surface area contributed by atoms with Crippen LogP contribution in [0.15, 0.2) is 30.3 Å². The minimum absolute atomic E-state index is 0.156. The van der Waals surface area contributed by atoms with Crippen LogP contribution in [0.1, 0.15) is 31.1 Å². The summed E-state index contributed by atoms with van der Waals surface area (Å²) in [7, 11) is -3.52. The lowest BCUT2D eigenvalue weighted by molar-refractivity contribution is -0.143. The summed E-state index contributed by atoms with van der Waals surface area (Å²) in [4.78, 5) is 23.9. The van der Waals surface area contributed by atoms with Crippen LogP contribution < -0.4 is 0 Å². The highest BCUT2D eigenvalue weighted by molar-refractivity contribution is 7.54. The van der Waals surface area contributed by atoms with E-state index in [9.17, 15) is 14.2 Å². The summed E-state index contributed by atoms with van der Waals surface area (Å²) in [5, 5.41) is 0. The van der Waals surface area contributed by atoms with Crippen molar-refractivity contribution in [2.45, 2.75) is 26.9 Å². The number of carbonyl (C=O) groups excluding carboxylic acids is 2. The molecule has 1 aromatic carbocycles. The smallest absolute Gasteiger partial charge is 0.341 e. The standard InChI is InChI=1S/C15H21O6P/c1-4-19-22(18,20-5-2)11-14(16)21-12(3)15(17)13-9-7-6-8-10-13/h6-10,12H,4-5,11H2,1-3H3/t12-/m0/s1. The predicted octanol–water partition coefficient (Wildman–Crippen LogP) is 3.07. The van der Waals surface area contributed by atoms with Crippen LogP contribution in [0.4, 0.5) is 0 Å². The van der Waals surface area contributed by atoms with E-state index in [0.29, 0.717) is 5.56 Å². The normalized spacial score (nSPS) is 12.7. The SMILES string of the molecule is CCOP(=O)(CC(=O)O[C@@H](C)C(=O)c1ccccc1)OCC. The first kappa shape index (κ1) is 18.6. The number of ether oxygens (including phenoxy) is 1. The van der Waals surface area contributed by atoms with Crippen molar-refractivity contribution in [2.24, 2.45) is 0 Å². The van der Waals surface area contributed by atoms with Crippen LogP contribution in [-0.2, 0) is 23.1 Å². The molecule has 7 heteroatoms. The van der Waals surface area contributed by atoms with Gasteiger partial charge in [-0.1, -0.05) is 30.3 Å². The molecule has 0 saturated carbocycles. The Bertz CT molecular complexity index is 532. The molecule has 1 aromatic rings. The first-order valence-electron chi connectivity index (χ1n) is 7.08. The molecule has 122 valence electrons. The molecule has 0 amide bonds. The van der Waals surface area contributed by atoms with Crippen LogP contribution in [0.5, 0.6) is 0 Å². The van der Waals surface area contributed by atoms with E-state index >= 15 is 0 Å². The van der Waals surface area contributed by atoms with Gasteiger partial charge >= 0.3 is 13.6 Å². The first-order valence-corrected chi connectivity index (χ1v) is 8.81. The summed E-state index contributed by atoms with van der Waals surface area (Å²) in [6, 6.07) is 8.50. The Morgan fingerprint density at radius 2 is 1.64 bits per heavy atom. The number of esters is 1. The fourth-order valence-electron chi connectivity index (χ4n) is 1.81. The molecule has 1 rings (SSSR count). The fraction of sp³-hybridized carbons (Fsp3) is 0.467. The summed E-state index contributed by atoms with van der Waals surface area (Å²) < 4.78 is 27.3. The Labute approximate surface area is 130 Å². The molecular weight excluding hydrogens is 307 g/mol. The average molecular weight is 328 g/mol. The van der Waals surface area contributed by atoms with Crippen molar-refractivity contribution in [3.8, 4) is 0 Å². The van der Waals surface area contributed by atoms with Gasteiger partial charge in [-0.15, -0.1) is 0 Å². The Morgan fingerprint density at radius 3 is 2.14 bits per heavy atom. The summed E-state index contributed by atoms with van der Waals surface area (Å²) in [6.45, 7) is 5.09. The molecule has 1 atom stereocenters. The Balaban J connectivity index is 2.64. The van der Waals surface area contributed by atoms with Gasteiger partial charge in [-0.25, -0.2) is 0 Å². The summed E-state index contributed by atoms with van der Waals surface area (Å²) in [5.41, 5.74) is 0.445. The van der Waals surface area contributed by atoms with Gasteiger partial charge in [-0.05, 0) is 20.8 Å². The minimum Gasteiger partial charge on any atom is -0.454 e. The van der Waals surface area contributed by atoms with Gasteiger partial charge < -0.3 is 13.8 Å². The molecule has 0 aliphatic carbocycles. The molecule has 0 saturated heterocycles. The average Bonchev–Trinajstić information content (AvgIpc) is 2.47. The van der Waals surface area contributed by atoms with Crippen molar-refractivity contribution in [2.75, 3.05) is 19.4 Å². The quantitative estimate of drug-likeness (QED) is 0.394. The predicted molar refractivity (Wildman–Crippen MR) is 82.1 cm³/mol. The topological polar surface area (TPSA) is 78.9 Å². The van der Waals surface area contributed by atoms with Gasteiger partial charge in [-0.3, -0.25) is 14.2 Å². The largest absolute Gasteiger partial charge is 0.454 e. The molecule has 0 radical (unpaired) electrons. The van der Waals surface area contributed by atoms with E-state index in [4.69, 9.17) is 13.8 Å². The van der Waals surface area contributed by atoms with Crippen LogP contribution >= 0.6 is 7.60 Å². The van der Waals surface area contributed by atoms with Crippen molar-refractivity contribution in [1.82, 2.24) is 0 Å². The maximum Gasteiger partial charge on any atom is 0.341 e. The van der Waals surface area contributed by atoms with Gasteiger partial charge in [0.25, 0.3) is 0 Å². The molecule has 6 nitrogen and oxygen atoms in total. The number of hydrogen-bond donors (Lipinski definition) is 0. The second-order valence-corrected chi connectivity index (χ2v) is 6.52. The third kappa shape index (κ3) is 5.72. The molecule has 0 fully saturated rings. The number of ketones is 1. The monoisotopic (exact) mass is 328 g/mol. The first-order chi connectivity index (χ1) is 10.4. The molecule has 22 heavy (non-hydrogen) atoms. The van der Waals surface area contributed by atoms with E-state index in [1.165, 1.54) is 6.92 Å². The van der Waals surface area contributed by atoms with E-state index in [1.807, 2.05) is 0 Å². The maximum atomic E-state index is 12.2. The Hall–Kier alpha value is -1.49. The van der Waals surface area contributed by atoms with Crippen molar-refractivity contribution in [3.63, 3.8) is 0 Å². The summed E-state index contributed by atoms with van der Waals surface area (Å²) in [6.07, 6.45) is -1.48. The van der Waals surface area contributed by atoms with Crippen molar-refractivity contribution in [3.05, 3.63) is 35.9 Å². The minimum atomic E-state index is -3.52. The molecule has 0 aliphatic rings. The number of Topliss-reactive ketones (excluding diaryl/α,β-unsaturated/α-hetero) is 1. The highest BCUT2D eigenvalue weighted by Gasteiger charge is 2.30. The highest BCUT2D eigenvalue weighted by Crippen LogP contribution is 2.47. The number of hydrogen-bond acceptors (Lipinski definition) is 6. The zero-order valence-corrected chi connectivity index (χ0v) is 13.9. The lowest BCUT2D eigenvalue weighted by atomic mass is 10.1. The van der Waals surface area contributed by atoms with Gasteiger partial charge in [-0.2, -0.15) is 0 Å². The van der Waals surface area contributed by atoms with Crippen LogP contribution in [0.3, 0.4) is 0 Å². The molecule has 0 aromatic heterocycles. The van der Waals surface area contributed by atoms with Crippen molar-refractivity contribution >= 4 is 19.3 Å². The number of benzene rings is 1. The van der Waals surface area contributed by atoms with E-state index in [2.05, 4.69) is 0 Å². The molecular formula is C15H21O6P. The van der Waals surface area contributed by atoms with Crippen LogP contribution in [0, 0.1) is 0 Å². The lowest BCUT2D eigenvalue weighted by Crippen LogP contribution is -2.26. The molecule has 0 bridgehead atoms. The fourth-order valence-corrected chi connectivity index (χ4v) is 3.24. The van der Waals surface area contributed by atoms with Gasteiger partial charge in [0.05, 0.1) is 13.2 Å². The van der Waals surface area contributed by atoms with Gasteiger partial charge in [0, 0.05) is 5.56 Å². The third-order valence-electron chi connectivity index (χ3n) is 2.71. The highest BCUT2D eigenvalue weighted by atomic mass is 31.2. The summed E-state index contributed by atoms with van der Waals surface area (Å²) in [5.74, 6) is -1.11. The zero-order chi connectivity index (χ0) is 16.6. The zero-order valence-electron chi connectivity index (χ0n) is 13.0. The molecule has 0 N–H and O–H groups in total. The second-order valence-electron chi connectivity index (χ2n) is 4.47. The maximum absolute atomic E-state index is 12.2. The van der Waals surface area contributed by atoms with E-state index in [-0.39, 0.29) is 19.0 Å². The van der Waals surface area contributed by atoms with Gasteiger partial charge in [0.2, 0.25) is 5.78 Å². The Morgan fingerprint density at radius 1 is 1.09 bits per heavy atom. The van der Waals surface area contributed by atoms with Crippen molar-refractivity contribution < 1.29 is 27.9 Å². The van der Waals surface area contributed by atoms with Crippen molar-refractivity contribution in [1.29, 1.82) is 0 Å². The van der Waals surface area contributed by atoms with Gasteiger partial charge in [0.1, 0.15) is 6.16 Å². The van der Waals surface area contributed by atoms with E-state index in [1.54, 1.807) is 44.2 Å². The van der Waals surface area contributed by atoms with Crippen LogP contribution in [-0.4, -0.2) is 37.2 Å². The van der Waals surface area contributed by atoms with Crippen LogP contribution in [0.2, 0.25) is 0 Å². The molecule has 0 spiro atoms. The molecule has 0 aliphatic heterocycles. The van der Waals surface area contributed by atoms with Gasteiger partial charge in [0.15, 0.2) is 6.10 Å². The van der Waals surface area contributed by atoms with E-state index < -0.39 is 25.8 Å². The van der Waals surface area contributed by atoms with E-state index in [0.717, 1.165) is 0 Å². The molecule has 0 heterocycles. The third-order valence-corrected chi connectivity index (χ3v) is 4.66. The van der Waals surface area contributed by atoms with Crippen LogP contribution in [0.25, 0.3) is 0 Å². The summed E-state index contributed by atoms with van der Waals surface area (Å²) >= 11 is 0. The number of rotatable bonds is 9. The Kier molecular flexibility index (Phi) is 7.45.